The van der Waals surface area contributed by atoms with E-state index in [9.17, 15) is 4.79 Å². The van der Waals surface area contributed by atoms with E-state index >= 15 is 0 Å². The van der Waals surface area contributed by atoms with Crippen LogP contribution in [0.4, 0.5) is 5.69 Å². The fraction of sp³-hybridized carbons (Fsp3) is 0.474. The third-order valence-corrected chi connectivity index (χ3v) is 4.97. The van der Waals surface area contributed by atoms with Gasteiger partial charge in [-0.1, -0.05) is 12.1 Å². The predicted octanol–water partition coefficient (Wildman–Crippen LogP) is 3.81. The Balaban J connectivity index is 0.00000121. The number of anilines is 1. The zero-order valence-corrected chi connectivity index (χ0v) is 16.4. The fourth-order valence-corrected chi connectivity index (χ4v) is 3.64. The number of benzene rings is 1. The van der Waals surface area contributed by atoms with E-state index in [4.69, 9.17) is 4.98 Å². The Morgan fingerprint density at radius 2 is 2.00 bits per heavy atom. The van der Waals surface area contributed by atoms with Crippen molar-refractivity contribution in [3.8, 4) is 11.3 Å². The van der Waals surface area contributed by atoms with E-state index < -0.39 is 0 Å². The van der Waals surface area contributed by atoms with E-state index in [2.05, 4.69) is 21.4 Å². The summed E-state index contributed by atoms with van der Waals surface area (Å²) in [6.07, 6.45) is 8.51. The summed E-state index contributed by atoms with van der Waals surface area (Å²) < 4.78 is 2.27. The molecule has 0 bridgehead atoms. The number of hydrogen-bond acceptors (Lipinski definition) is 3. The van der Waals surface area contributed by atoms with Gasteiger partial charge in [0.05, 0.1) is 5.69 Å². The van der Waals surface area contributed by atoms with E-state index in [0.29, 0.717) is 12.5 Å². The van der Waals surface area contributed by atoms with Crippen LogP contribution in [0.2, 0.25) is 0 Å². The van der Waals surface area contributed by atoms with Gasteiger partial charge in [-0.25, -0.2) is 4.98 Å². The number of halogens is 2. The van der Waals surface area contributed by atoms with Crippen LogP contribution in [-0.4, -0.2) is 28.0 Å². The Bertz CT molecular complexity index is 700. The average Bonchev–Trinajstić information content (AvgIpc) is 3.24. The van der Waals surface area contributed by atoms with Crippen LogP contribution < -0.4 is 10.6 Å². The van der Waals surface area contributed by atoms with Crippen LogP contribution in [0.15, 0.2) is 30.5 Å². The van der Waals surface area contributed by atoms with Crippen LogP contribution in [0.1, 0.15) is 37.9 Å². The lowest BCUT2D eigenvalue weighted by Gasteiger charge is -2.11. The molecule has 0 spiro atoms. The lowest BCUT2D eigenvalue weighted by atomic mass is 10.1. The van der Waals surface area contributed by atoms with Gasteiger partial charge in [0.25, 0.3) is 0 Å². The smallest absolute Gasteiger partial charge is 0.225 e. The molecule has 7 heteroatoms. The molecule has 26 heavy (non-hydrogen) atoms. The van der Waals surface area contributed by atoms with Crippen molar-refractivity contribution in [1.29, 1.82) is 0 Å². The van der Waals surface area contributed by atoms with Gasteiger partial charge in [-0.05, 0) is 44.4 Å². The minimum Gasteiger partial charge on any atom is -0.334 e. The van der Waals surface area contributed by atoms with Crippen LogP contribution in [0.3, 0.4) is 0 Å². The molecule has 0 radical (unpaired) electrons. The lowest BCUT2D eigenvalue weighted by Crippen LogP contribution is -2.27. The van der Waals surface area contributed by atoms with Crippen molar-refractivity contribution in [2.24, 2.45) is 0 Å². The molecule has 2 N–H and O–H groups in total. The molecule has 1 unspecified atom stereocenters. The van der Waals surface area contributed by atoms with E-state index in [1.807, 2.05) is 24.3 Å². The number of carbonyl (C=O) groups excluding carboxylic acids is 1. The summed E-state index contributed by atoms with van der Waals surface area (Å²) in [6, 6.07) is 8.35. The molecule has 3 heterocycles. The maximum atomic E-state index is 12.1. The highest BCUT2D eigenvalue weighted by atomic mass is 35.5. The molecule has 1 saturated heterocycles. The minimum atomic E-state index is 0. The zero-order chi connectivity index (χ0) is 16.4. The number of hydrogen-bond donors (Lipinski definition) is 2. The van der Waals surface area contributed by atoms with Crippen LogP contribution in [0, 0.1) is 0 Å². The molecule has 1 aromatic heterocycles. The first-order valence-electron chi connectivity index (χ1n) is 8.98. The Labute approximate surface area is 166 Å². The SMILES string of the molecule is Cl.Cl.O=C(CC1CCCN1)Nc1ccc(-c2cn3c(n2)CCCC3)cc1. The van der Waals surface area contributed by atoms with Gasteiger partial charge in [0.2, 0.25) is 5.91 Å². The van der Waals surface area contributed by atoms with E-state index in [-0.39, 0.29) is 30.7 Å². The summed E-state index contributed by atoms with van der Waals surface area (Å²) in [4.78, 5) is 16.8. The summed E-state index contributed by atoms with van der Waals surface area (Å²) in [5, 5.41) is 6.35. The molecular formula is C19H26Cl2N4O. The monoisotopic (exact) mass is 396 g/mol. The van der Waals surface area contributed by atoms with Crippen LogP contribution in [0.5, 0.6) is 0 Å². The Kier molecular flexibility index (Phi) is 7.50. The first-order chi connectivity index (χ1) is 11.8. The van der Waals surface area contributed by atoms with Gasteiger partial charge < -0.3 is 15.2 Å². The molecule has 1 aromatic carbocycles. The molecule has 0 saturated carbocycles. The van der Waals surface area contributed by atoms with Gasteiger partial charge in [0.1, 0.15) is 5.82 Å². The summed E-state index contributed by atoms with van der Waals surface area (Å²) in [6.45, 7) is 2.10. The third kappa shape index (κ3) is 4.78. The van der Waals surface area contributed by atoms with E-state index in [1.54, 1.807) is 0 Å². The Hall–Kier alpha value is -1.56. The third-order valence-electron chi connectivity index (χ3n) is 4.97. The molecule has 1 amide bonds. The number of imidazole rings is 1. The summed E-state index contributed by atoms with van der Waals surface area (Å²) in [5.41, 5.74) is 2.98. The highest BCUT2D eigenvalue weighted by molar-refractivity contribution is 5.91. The maximum absolute atomic E-state index is 12.1. The van der Waals surface area contributed by atoms with Crippen molar-refractivity contribution in [1.82, 2.24) is 14.9 Å². The number of nitrogens with one attached hydrogen (secondary N) is 2. The maximum Gasteiger partial charge on any atom is 0.225 e. The Morgan fingerprint density at radius 1 is 1.19 bits per heavy atom. The van der Waals surface area contributed by atoms with Gasteiger partial charge >= 0.3 is 0 Å². The van der Waals surface area contributed by atoms with Gasteiger partial charge in [-0.2, -0.15) is 0 Å². The zero-order valence-electron chi connectivity index (χ0n) is 14.7. The molecule has 2 aromatic rings. The van der Waals surface area contributed by atoms with Crippen molar-refractivity contribution in [3.63, 3.8) is 0 Å². The number of nitrogens with zero attached hydrogens (tertiary/aromatic N) is 2. The second-order valence-corrected chi connectivity index (χ2v) is 6.82. The van der Waals surface area contributed by atoms with Crippen molar-refractivity contribution in [2.75, 3.05) is 11.9 Å². The first kappa shape index (κ1) is 20.7. The second-order valence-electron chi connectivity index (χ2n) is 6.82. The highest BCUT2D eigenvalue weighted by Crippen LogP contribution is 2.24. The van der Waals surface area contributed by atoms with Crippen LogP contribution in [-0.2, 0) is 17.8 Å². The molecule has 4 rings (SSSR count). The average molecular weight is 397 g/mol. The summed E-state index contributed by atoms with van der Waals surface area (Å²) in [5.74, 6) is 1.28. The van der Waals surface area contributed by atoms with Crippen molar-refractivity contribution < 1.29 is 4.79 Å². The van der Waals surface area contributed by atoms with Crippen molar-refractivity contribution >= 4 is 36.4 Å². The quantitative estimate of drug-likeness (QED) is 0.825. The van der Waals surface area contributed by atoms with Crippen LogP contribution in [0.25, 0.3) is 11.3 Å². The van der Waals surface area contributed by atoms with Crippen molar-refractivity contribution in [2.45, 2.75) is 51.1 Å². The normalized spacial score (nSPS) is 18.4. The minimum absolute atomic E-state index is 0. The molecule has 1 atom stereocenters. The standard InChI is InChI=1S/C19H24N4O.2ClH/c24-19(12-16-4-3-10-20-16)21-15-8-6-14(7-9-15)17-13-23-11-2-1-5-18(23)22-17;;/h6-9,13,16,20H,1-5,10-12H2,(H,21,24);2*1H. The Morgan fingerprint density at radius 3 is 2.69 bits per heavy atom. The van der Waals surface area contributed by atoms with Gasteiger partial charge in [0, 0.05) is 42.9 Å². The molecule has 2 aliphatic rings. The van der Waals surface area contributed by atoms with E-state index in [0.717, 1.165) is 42.9 Å². The topological polar surface area (TPSA) is 59.0 Å². The van der Waals surface area contributed by atoms with Crippen molar-refractivity contribution in [3.05, 3.63) is 36.3 Å². The van der Waals surface area contributed by atoms with Gasteiger partial charge in [-0.3, -0.25) is 4.79 Å². The molecular weight excluding hydrogens is 371 g/mol. The first-order valence-corrected chi connectivity index (χ1v) is 8.98. The predicted molar refractivity (Wildman–Crippen MR) is 109 cm³/mol. The number of carbonyl (C=O) groups is 1. The molecule has 1 fully saturated rings. The lowest BCUT2D eigenvalue weighted by molar-refractivity contribution is -0.116. The summed E-state index contributed by atoms with van der Waals surface area (Å²) >= 11 is 0. The highest BCUT2D eigenvalue weighted by Gasteiger charge is 2.18. The van der Waals surface area contributed by atoms with Crippen LogP contribution >= 0.6 is 24.8 Å². The molecule has 142 valence electrons. The molecule has 2 aliphatic heterocycles. The van der Waals surface area contributed by atoms with Gasteiger partial charge in [-0.15, -0.1) is 24.8 Å². The van der Waals surface area contributed by atoms with E-state index in [1.165, 1.54) is 25.1 Å². The number of aromatic nitrogens is 2. The second kappa shape index (κ2) is 9.40. The number of aryl methyl sites for hydroxylation is 2. The number of fused-ring (bicyclic) bond motifs is 1. The fourth-order valence-electron chi connectivity index (χ4n) is 3.64. The van der Waals surface area contributed by atoms with Gasteiger partial charge in [0.15, 0.2) is 0 Å². The number of rotatable bonds is 4. The molecule has 0 aliphatic carbocycles. The summed E-state index contributed by atoms with van der Waals surface area (Å²) in [7, 11) is 0. The molecule has 5 nitrogen and oxygen atoms in total. The largest absolute Gasteiger partial charge is 0.334 e. The number of amides is 1.